The molecule has 0 spiro atoms. The van der Waals surface area contributed by atoms with Crippen LogP contribution in [0.2, 0.25) is 0 Å². The summed E-state index contributed by atoms with van der Waals surface area (Å²) in [6, 6.07) is 10.4. The molecule has 0 saturated carbocycles. The van der Waals surface area contributed by atoms with Gasteiger partial charge < -0.3 is 4.90 Å². The summed E-state index contributed by atoms with van der Waals surface area (Å²) in [5.41, 5.74) is 3.33. The molecule has 2 aromatic heterocycles. The molecule has 1 saturated heterocycles. The van der Waals surface area contributed by atoms with Crippen molar-refractivity contribution in [1.29, 1.82) is 5.41 Å². The zero-order valence-corrected chi connectivity index (χ0v) is 13.9. The van der Waals surface area contributed by atoms with Crippen molar-refractivity contribution >= 4 is 16.7 Å². The lowest BCUT2D eigenvalue weighted by atomic mass is 10.1. The third kappa shape index (κ3) is 2.77. The summed E-state index contributed by atoms with van der Waals surface area (Å²) in [4.78, 5) is 2.16. The SMILES string of the molecule is C[n+]1ccc2cnn(Cc3ccc(C(=N)N4CCCC4)cc3)c2c1. The molecule has 0 aliphatic carbocycles. The van der Waals surface area contributed by atoms with Gasteiger partial charge in [-0.05, 0) is 18.4 Å². The van der Waals surface area contributed by atoms with E-state index < -0.39 is 0 Å². The quantitative estimate of drug-likeness (QED) is 0.457. The van der Waals surface area contributed by atoms with Crippen LogP contribution in [0.15, 0.2) is 48.9 Å². The van der Waals surface area contributed by atoms with Crippen molar-refractivity contribution in [2.45, 2.75) is 19.4 Å². The average molecular weight is 320 g/mol. The van der Waals surface area contributed by atoms with E-state index in [0.29, 0.717) is 5.84 Å². The number of hydrogen-bond acceptors (Lipinski definition) is 2. The lowest BCUT2D eigenvalue weighted by Gasteiger charge is -2.18. The first-order chi connectivity index (χ1) is 11.7. The molecule has 5 heteroatoms. The lowest BCUT2D eigenvalue weighted by molar-refractivity contribution is -0.670. The van der Waals surface area contributed by atoms with Gasteiger partial charge in [-0.2, -0.15) is 5.10 Å². The minimum atomic E-state index is 0.649. The number of benzene rings is 1. The van der Waals surface area contributed by atoms with E-state index in [1.165, 1.54) is 18.4 Å². The van der Waals surface area contributed by atoms with E-state index in [1.807, 2.05) is 28.7 Å². The fourth-order valence-corrected chi connectivity index (χ4v) is 3.30. The second-order valence-corrected chi connectivity index (χ2v) is 6.49. The molecule has 0 atom stereocenters. The first-order valence-electron chi connectivity index (χ1n) is 8.44. The van der Waals surface area contributed by atoms with E-state index in [2.05, 4.69) is 46.5 Å². The zero-order chi connectivity index (χ0) is 16.5. The number of rotatable bonds is 3. The van der Waals surface area contributed by atoms with Gasteiger partial charge in [-0.1, -0.05) is 24.3 Å². The number of pyridine rings is 1. The molecule has 122 valence electrons. The fraction of sp³-hybridized carbons (Fsp3) is 0.316. The van der Waals surface area contributed by atoms with Crippen molar-refractivity contribution in [3.05, 3.63) is 60.0 Å². The molecule has 4 rings (SSSR count). The van der Waals surface area contributed by atoms with Crippen molar-refractivity contribution in [3.63, 3.8) is 0 Å². The minimum absolute atomic E-state index is 0.649. The van der Waals surface area contributed by atoms with Crippen LogP contribution < -0.4 is 4.57 Å². The van der Waals surface area contributed by atoms with Crippen LogP contribution in [0.4, 0.5) is 0 Å². The summed E-state index contributed by atoms with van der Waals surface area (Å²) in [7, 11) is 2.02. The average Bonchev–Trinajstić information content (AvgIpc) is 3.25. The molecule has 24 heavy (non-hydrogen) atoms. The van der Waals surface area contributed by atoms with Crippen LogP contribution in [0.5, 0.6) is 0 Å². The summed E-state index contributed by atoms with van der Waals surface area (Å²) in [5.74, 6) is 0.649. The number of fused-ring (bicyclic) bond motifs is 1. The fourth-order valence-electron chi connectivity index (χ4n) is 3.30. The molecule has 0 unspecified atom stereocenters. The normalized spacial score (nSPS) is 14.5. The number of nitrogens with one attached hydrogen (secondary N) is 1. The summed E-state index contributed by atoms with van der Waals surface area (Å²) in [5, 5.41) is 14.0. The molecular formula is C19H22N5+. The van der Waals surface area contributed by atoms with E-state index in [4.69, 9.17) is 5.41 Å². The topological polar surface area (TPSA) is 48.8 Å². The van der Waals surface area contributed by atoms with E-state index in [0.717, 1.165) is 36.1 Å². The molecule has 0 bridgehead atoms. The molecule has 0 amide bonds. The second-order valence-electron chi connectivity index (χ2n) is 6.49. The summed E-state index contributed by atoms with van der Waals surface area (Å²) >= 11 is 0. The third-order valence-electron chi connectivity index (χ3n) is 4.71. The first-order valence-corrected chi connectivity index (χ1v) is 8.44. The molecule has 1 N–H and O–H groups in total. The van der Waals surface area contributed by atoms with Crippen LogP contribution in [0.1, 0.15) is 24.0 Å². The van der Waals surface area contributed by atoms with Gasteiger partial charge in [0, 0.05) is 30.1 Å². The van der Waals surface area contributed by atoms with Gasteiger partial charge in [0.15, 0.2) is 12.4 Å². The van der Waals surface area contributed by atoms with Gasteiger partial charge in [0.05, 0.1) is 12.7 Å². The number of aryl methyl sites for hydroxylation is 1. The number of aromatic nitrogens is 3. The Morgan fingerprint density at radius 3 is 2.67 bits per heavy atom. The highest BCUT2D eigenvalue weighted by atomic mass is 15.3. The van der Waals surface area contributed by atoms with Gasteiger partial charge >= 0.3 is 0 Å². The van der Waals surface area contributed by atoms with Gasteiger partial charge in [0.1, 0.15) is 18.4 Å². The Bertz CT molecular complexity index is 872. The van der Waals surface area contributed by atoms with E-state index in [1.54, 1.807) is 0 Å². The zero-order valence-electron chi connectivity index (χ0n) is 13.9. The van der Waals surface area contributed by atoms with Crippen LogP contribution in [-0.2, 0) is 13.6 Å². The molecule has 3 aromatic rings. The Morgan fingerprint density at radius 1 is 1.17 bits per heavy atom. The van der Waals surface area contributed by atoms with Crippen LogP contribution in [0, 0.1) is 5.41 Å². The van der Waals surface area contributed by atoms with Gasteiger partial charge in [-0.3, -0.25) is 10.1 Å². The predicted molar refractivity (Wildman–Crippen MR) is 94.1 cm³/mol. The number of hydrogen-bond donors (Lipinski definition) is 1. The molecule has 1 aliphatic rings. The molecule has 3 heterocycles. The van der Waals surface area contributed by atoms with E-state index in [9.17, 15) is 0 Å². The number of amidine groups is 1. The van der Waals surface area contributed by atoms with Crippen molar-refractivity contribution in [3.8, 4) is 0 Å². The van der Waals surface area contributed by atoms with Crippen molar-refractivity contribution < 1.29 is 4.57 Å². The minimum Gasteiger partial charge on any atom is -0.357 e. The highest BCUT2D eigenvalue weighted by molar-refractivity contribution is 5.96. The van der Waals surface area contributed by atoms with E-state index >= 15 is 0 Å². The summed E-state index contributed by atoms with van der Waals surface area (Å²) in [6.45, 7) is 2.76. The maximum atomic E-state index is 8.33. The Balaban J connectivity index is 1.54. The smallest absolute Gasteiger partial charge is 0.194 e. The van der Waals surface area contributed by atoms with Crippen molar-refractivity contribution in [2.24, 2.45) is 7.05 Å². The van der Waals surface area contributed by atoms with Crippen molar-refractivity contribution in [1.82, 2.24) is 14.7 Å². The molecule has 1 fully saturated rings. The molecule has 1 aliphatic heterocycles. The number of nitrogens with zero attached hydrogens (tertiary/aromatic N) is 4. The Morgan fingerprint density at radius 2 is 1.92 bits per heavy atom. The summed E-state index contributed by atoms with van der Waals surface area (Å²) in [6.07, 6.45) is 8.44. The van der Waals surface area contributed by atoms with Crippen LogP contribution in [0.3, 0.4) is 0 Å². The molecule has 1 aromatic carbocycles. The Kier molecular flexibility index (Phi) is 3.76. The number of likely N-dealkylation sites (tertiary alicyclic amines) is 1. The van der Waals surface area contributed by atoms with Crippen LogP contribution in [-0.4, -0.2) is 33.6 Å². The van der Waals surface area contributed by atoms with Crippen molar-refractivity contribution in [2.75, 3.05) is 13.1 Å². The maximum Gasteiger partial charge on any atom is 0.194 e. The van der Waals surface area contributed by atoms with Crippen LogP contribution in [0.25, 0.3) is 10.9 Å². The van der Waals surface area contributed by atoms with Gasteiger partial charge in [0.2, 0.25) is 0 Å². The molecular weight excluding hydrogens is 298 g/mol. The summed E-state index contributed by atoms with van der Waals surface area (Å²) < 4.78 is 4.07. The highest BCUT2D eigenvalue weighted by Gasteiger charge is 2.16. The second kappa shape index (κ2) is 6.07. The maximum absolute atomic E-state index is 8.33. The predicted octanol–water partition coefficient (Wildman–Crippen LogP) is 2.33. The Hall–Kier alpha value is -2.69. The van der Waals surface area contributed by atoms with Crippen LogP contribution >= 0.6 is 0 Å². The monoisotopic (exact) mass is 320 g/mol. The van der Waals surface area contributed by atoms with Gasteiger partial charge in [-0.15, -0.1) is 0 Å². The third-order valence-corrected chi connectivity index (χ3v) is 4.71. The molecule has 5 nitrogen and oxygen atoms in total. The molecule has 0 radical (unpaired) electrons. The van der Waals surface area contributed by atoms with Gasteiger partial charge in [0.25, 0.3) is 0 Å². The standard InChI is InChI=1S/C19H22N5/c1-22-11-8-17-12-21-24(18(17)14-22)13-15-4-6-16(7-5-15)19(20)23-9-2-3-10-23/h4-8,11-12,14,20H,2-3,9-10,13H2,1H3/q+1. The first kappa shape index (κ1) is 14.9. The highest BCUT2D eigenvalue weighted by Crippen LogP contribution is 2.16. The van der Waals surface area contributed by atoms with E-state index in [-0.39, 0.29) is 0 Å². The lowest BCUT2D eigenvalue weighted by Crippen LogP contribution is -2.27. The van der Waals surface area contributed by atoms with Gasteiger partial charge in [-0.25, -0.2) is 4.57 Å². The Labute approximate surface area is 141 Å². The largest absolute Gasteiger partial charge is 0.357 e.